The van der Waals surface area contributed by atoms with Crippen molar-refractivity contribution in [1.29, 1.82) is 0 Å². The van der Waals surface area contributed by atoms with Gasteiger partial charge in [-0.3, -0.25) is 14.5 Å². The lowest BCUT2D eigenvalue weighted by Gasteiger charge is -2.14. The van der Waals surface area contributed by atoms with Crippen LogP contribution in [0.25, 0.3) is 0 Å². The third-order valence-electron chi connectivity index (χ3n) is 4.70. The van der Waals surface area contributed by atoms with Gasteiger partial charge < -0.3 is 16.0 Å². The summed E-state index contributed by atoms with van der Waals surface area (Å²) in [6.45, 7) is 3.66. The molecule has 1 aromatic heterocycles. The molecule has 3 N–H and O–H groups in total. The largest absolute Gasteiger partial charge is 0.352 e. The highest BCUT2D eigenvalue weighted by atomic mass is 127. The number of nitrogens with zero attached hydrogens (tertiary/aromatic N) is 3. The molecule has 0 atom stereocenters. The number of benzene rings is 2. The molecule has 1 amide bonds. The molecule has 0 spiro atoms. The van der Waals surface area contributed by atoms with Crippen molar-refractivity contribution in [3.05, 3.63) is 83.7 Å². The second-order valence-electron chi connectivity index (χ2n) is 6.85. The Bertz CT molecular complexity index is 987. The maximum atomic E-state index is 12.2. The van der Waals surface area contributed by atoms with Crippen LogP contribution in [0.5, 0.6) is 0 Å². The van der Waals surface area contributed by atoms with Crippen molar-refractivity contribution in [3.63, 3.8) is 0 Å². The number of nitrogens with one attached hydrogen (secondary N) is 3. The van der Waals surface area contributed by atoms with E-state index in [1.54, 1.807) is 30.2 Å². The van der Waals surface area contributed by atoms with Crippen LogP contribution in [0.1, 0.15) is 23.6 Å². The van der Waals surface area contributed by atoms with Crippen LogP contribution in [0.15, 0.2) is 72.0 Å². The molecule has 0 saturated carbocycles. The first kappa shape index (κ1) is 24.4. The summed E-state index contributed by atoms with van der Waals surface area (Å²) in [5, 5.41) is 13.6. The Morgan fingerprint density at radius 2 is 1.81 bits per heavy atom. The van der Waals surface area contributed by atoms with Gasteiger partial charge in [0.05, 0.1) is 0 Å². The van der Waals surface area contributed by atoms with Gasteiger partial charge in [-0.15, -0.1) is 24.0 Å². The van der Waals surface area contributed by atoms with E-state index in [1.165, 1.54) is 11.1 Å². The highest BCUT2D eigenvalue weighted by molar-refractivity contribution is 14.0. The molecule has 8 heteroatoms. The van der Waals surface area contributed by atoms with Gasteiger partial charge in [0.15, 0.2) is 5.96 Å². The molecule has 0 radical (unpaired) electrons. The topological polar surface area (TPSA) is 83.3 Å². The van der Waals surface area contributed by atoms with Crippen LogP contribution in [0, 0.1) is 0 Å². The first-order valence-electron chi connectivity index (χ1n) is 10.1. The van der Waals surface area contributed by atoms with Gasteiger partial charge in [0, 0.05) is 38.2 Å². The van der Waals surface area contributed by atoms with Crippen LogP contribution in [0.2, 0.25) is 0 Å². The van der Waals surface area contributed by atoms with E-state index in [0.717, 1.165) is 23.6 Å². The van der Waals surface area contributed by atoms with E-state index in [1.807, 2.05) is 24.3 Å². The minimum atomic E-state index is -0.115. The molecule has 7 nitrogen and oxygen atoms in total. The molecule has 0 saturated heterocycles. The standard InChI is InChI=1S/C23H28N6O.HI/c1-3-19-9-4-5-10-20(19)16-26-23(24-2)25-15-18-8-6-11-21(14-18)28-22(30)17-29-13-7-12-27-29;/h4-14H,3,15-17H2,1-2H3,(H,28,30)(H2,24,25,26);1H. The van der Waals surface area contributed by atoms with Gasteiger partial charge in [-0.25, -0.2) is 0 Å². The molecule has 0 aliphatic heterocycles. The highest BCUT2D eigenvalue weighted by Crippen LogP contribution is 2.11. The number of hydrogen-bond acceptors (Lipinski definition) is 3. The zero-order valence-corrected chi connectivity index (χ0v) is 20.2. The number of anilines is 1. The second kappa shape index (κ2) is 12.7. The zero-order valence-electron chi connectivity index (χ0n) is 17.8. The Hall–Kier alpha value is -2.88. The molecule has 31 heavy (non-hydrogen) atoms. The Kier molecular flexibility index (Phi) is 10.0. The van der Waals surface area contributed by atoms with Gasteiger partial charge in [0.25, 0.3) is 0 Å². The highest BCUT2D eigenvalue weighted by Gasteiger charge is 2.06. The normalized spacial score (nSPS) is 10.8. The molecule has 1 heterocycles. The fourth-order valence-electron chi connectivity index (χ4n) is 3.16. The van der Waals surface area contributed by atoms with Gasteiger partial charge in [-0.2, -0.15) is 5.10 Å². The Labute approximate surface area is 200 Å². The zero-order chi connectivity index (χ0) is 21.2. The number of halogens is 1. The van der Waals surface area contributed by atoms with Crippen LogP contribution in [-0.4, -0.2) is 28.7 Å². The second-order valence-corrected chi connectivity index (χ2v) is 6.85. The maximum absolute atomic E-state index is 12.2. The van der Waals surface area contributed by atoms with Crippen molar-refractivity contribution in [2.24, 2.45) is 4.99 Å². The van der Waals surface area contributed by atoms with Crippen LogP contribution < -0.4 is 16.0 Å². The van der Waals surface area contributed by atoms with E-state index in [9.17, 15) is 4.79 Å². The molecule has 0 aliphatic rings. The number of aliphatic imine (C=N–C) groups is 1. The van der Waals surface area contributed by atoms with E-state index >= 15 is 0 Å². The summed E-state index contributed by atoms with van der Waals surface area (Å²) < 4.78 is 1.59. The van der Waals surface area contributed by atoms with Crippen molar-refractivity contribution in [2.75, 3.05) is 12.4 Å². The minimum absolute atomic E-state index is 0. The van der Waals surface area contributed by atoms with E-state index in [4.69, 9.17) is 0 Å². The van der Waals surface area contributed by atoms with Crippen molar-refractivity contribution in [3.8, 4) is 0 Å². The average molecular weight is 532 g/mol. The number of carbonyl (C=O) groups excluding carboxylic acids is 1. The van der Waals surface area contributed by atoms with E-state index < -0.39 is 0 Å². The third kappa shape index (κ3) is 7.71. The smallest absolute Gasteiger partial charge is 0.246 e. The van der Waals surface area contributed by atoms with Crippen LogP contribution in [0.3, 0.4) is 0 Å². The minimum Gasteiger partial charge on any atom is -0.352 e. The van der Waals surface area contributed by atoms with E-state index in [-0.39, 0.29) is 36.4 Å². The lowest BCUT2D eigenvalue weighted by atomic mass is 10.1. The fourth-order valence-corrected chi connectivity index (χ4v) is 3.16. The molecule has 3 aromatic rings. The van der Waals surface area contributed by atoms with Gasteiger partial charge in [0.1, 0.15) is 6.54 Å². The first-order chi connectivity index (χ1) is 14.7. The van der Waals surface area contributed by atoms with Gasteiger partial charge in [0.2, 0.25) is 5.91 Å². The Balaban J connectivity index is 0.00000341. The van der Waals surface area contributed by atoms with Gasteiger partial charge in [-0.05, 0) is 41.3 Å². The predicted octanol–water partition coefficient (Wildman–Crippen LogP) is 3.57. The first-order valence-corrected chi connectivity index (χ1v) is 10.1. The Morgan fingerprint density at radius 3 is 2.52 bits per heavy atom. The summed E-state index contributed by atoms with van der Waals surface area (Å²) >= 11 is 0. The predicted molar refractivity (Wildman–Crippen MR) is 136 cm³/mol. The average Bonchev–Trinajstić information content (AvgIpc) is 3.27. The lowest BCUT2D eigenvalue weighted by molar-refractivity contribution is -0.116. The molecule has 164 valence electrons. The van der Waals surface area contributed by atoms with Crippen LogP contribution in [0.4, 0.5) is 5.69 Å². The number of aromatic nitrogens is 2. The quantitative estimate of drug-likeness (QED) is 0.236. The van der Waals surface area contributed by atoms with Crippen molar-refractivity contribution < 1.29 is 4.79 Å². The van der Waals surface area contributed by atoms with Crippen LogP contribution in [-0.2, 0) is 30.8 Å². The summed E-state index contributed by atoms with van der Waals surface area (Å²) in [5.41, 5.74) is 4.40. The van der Waals surface area contributed by atoms with E-state index in [0.29, 0.717) is 13.1 Å². The summed E-state index contributed by atoms with van der Waals surface area (Å²) in [7, 11) is 1.76. The number of amides is 1. The number of guanidine groups is 1. The lowest BCUT2D eigenvalue weighted by Crippen LogP contribution is -2.36. The molecular weight excluding hydrogens is 503 g/mol. The summed E-state index contributed by atoms with van der Waals surface area (Å²) in [4.78, 5) is 16.5. The van der Waals surface area contributed by atoms with Crippen molar-refractivity contribution in [2.45, 2.75) is 33.0 Å². The summed E-state index contributed by atoms with van der Waals surface area (Å²) in [6.07, 6.45) is 4.42. The molecule has 3 rings (SSSR count). The van der Waals surface area contributed by atoms with Gasteiger partial charge in [-0.1, -0.05) is 43.3 Å². The SMILES string of the molecule is CCc1ccccc1CNC(=NC)NCc1cccc(NC(=O)Cn2cccn2)c1.I. The number of hydrogen-bond donors (Lipinski definition) is 3. The molecule has 0 unspecified atom stereocenters. The summed E-state index contributed by atoms with van der Waals surface area (Å²) in [5.74, 6) is 0.616. The third-order valence-corrected chi connectivity index (χ3v) is 4.70. The maximum Gasteiger partial charge on any atom is 0.246 e. The van der Waals surface area contributed by atoms with Crippen LogP contribution >= 0.6 is 24.0 Å². The molecular formula is C23H29IN6O. The number of rotatable bonds is 8. The molecule has 0 bridgehead atoms. The van der Waals surface area contributed by atoms with Gasteiger partial charge >= 0.3 is 0 Å². The molecule has 0 aliphatic carbocycles. The fraction of sp³-hybridized carbons (Fsp3) is 0.261. The van der Waals surface area contributed by atoms with Crippen molar-refractivity contribution >= 4 is 41.5 Å². The molecule has 2 aromatic carbocycles. The summed E-state index contributed by atoms with van der Waals surface area (Å²) in [6, 6.07) is 18.0. The number of aryl methyl sites for hydroxylation is 1. The molecule has 0 fully saturated rings. The number of carbonyl (C=O) groups is 1. The Morgan fingerprint density at radius 1 is 1.03 bits per heavy atom. The van der Waals surface area contributed by atoms with E-state index in [2.05, 4.69) is 57.2 Å². The monoisotopic (exact) mass is 532 g/mol. The van der Waals surface area contributed by atoms with Crippen molar-refractivity contribution in [1.82, 2.24) is 20.4 Å².